The number of anilines is 1. The van der Waals surface area contributed by atoms with Crippen LogP contribution in [-0.2, 0) is 24.7 Å². The van der Waals surface area contributed by atoms with E-state index in [1.54, 1.807) is 54.5 Å². The minimum atomic E-state index is -1.74. The molecule has 0 aromatic heterocycles. The predicted molar refractivity (Wildman–Crippen MR) is 127 cm³/mol. The summed E-state index contributed by atoms with van der Waals surface area (Å²) in [4.78, 5) is 43.8. The highest BCUT2D eigenvalue weighted by Crippen LogP contribution is 2.53. The quantitative estimate of drug-likeness (QED) is 0.279. The second kappa shape index (κ2) is 9.30. The third-order valence-corrected chi connectivity index (χ3v) is 6.35. The number of methoxy groups -OCH3 is 2. The number of fused-ring (bicyclic) bond motifs is 2. The molecule has 178 valence electrons. The molecule has 8 nitrogen and oxygen atoms in total. The largest absolute Gasteiger partial charge is 0.507 e. The Morgan fingerprint density at radius 1 is 1.00 bits per heavy atom. The molecule has 1 atom stereocenters. The molecule has 0 saturated carbocycles. The SMILES string of the molecule is CCCN1C(=O)[C@@]2(C(=C(O)c3ccc(OC)cc3)C(=O)C(=O)N2CCCOC)c2ccccc21. The van der Waals surface area contributed by atoms with E-state index in [0.29, 0.717) is 48.6 Å². The molecule has 1 spiro atoms. The van der Waals surface area contributed by atoms with Gasteiger partial charge in [0.1, 0.15) is 11.5 Å². The number of benzene rings is 2. The molecule has 8 heteroatoms. The minimum absolute atomic E-state index is 0.123. The first-order chi connectivity index (χ1) is 16.4. The van der Waals surface area contributed by atoms with Crippen LogP contribution in [0.5, 0.6) is 5.75 Å². The molecular weight excluding hydrogens is 436 g/mol. The number of ketones is 1. The third kappa shape index (κ3) is 3.37. The number of aliphatic hydroxyl groups is 1. The number of ether oxygens (including phenoxy) is 2. The number of likely N-dealkylation sites (tertiary alicyclic amines) is 1. The van der Waals surface area contributed by atoms with Gasteiger partial charge in [0.25, 0.3) is 17.6 Å². The van der Waals surface area contributed by atoms with Crippen LogP contribution in [0.1, 0.15) is 30.9 Å². The molecule has 0 unspecified atom stereocenters. The van der Waals surface area contributed by atoms with Crippen LogP contribution >= 0.6 is 0 Å². The lowest BCUT2D eigenvalue weighted by atomic mass is 9.82. The highest BCUT2D eigenvalue weighted by Gasteiger charge is 2.66. The van der Waals surface area contributed by atoms with E-state index < -0.39 is 28.9 Å². The van der Waals surface area contributed by atoms with Crippen molar-refractivity contribution in [3.05, 3.63) is 65.2 Å². The molecule has 1 N–H and O–H groups in total. The Hall–Kier alpha value is -3.65. The number of amides is 2. The van der Waals surface area contributed by atoms with Crippen molar-refractivity contribution in [1.29, 1.82) is 0 Å². The summed E-state index contributed by atoms with van der Waals surface area (Å²) >= 11 is 0. The van der Waals surface area contributed by atoms with E-state index in [1.807, 2.05) is 13.0 Å². The average molecular weight is 465 g/mol. The molecule has 0 bridgehead atoms. The predicted octanol–water partition coefficient (Wildman–Crippen LogP) is 3.06. The monoisotopic (exact) mass is 464 g/mol. The number of rotatable bonds is 8. The lowest BCUT2D eigenvalue weighted by Crippen LogP contribution is -2.52. The number of hydrogen-bond donors (Lipinski definition) is 1. The van der Waals surface area contributed by atoms with Gasteiger partial charge in [-0.1, -0.05) is 25.1 Å². The zero-order valence-corrected chi connectivity index (χ0v) is 19.5. The maximum atomic E-state index is 14.1. The number of Topliss-reactive ketones (excluding diaryl/α,β-unsaturated/α-hetero) is 1. The summed E-state index contributed by atoms with van der Waals surface area (Å²) < 4.78 is 10.3. The van der Waals surface area contributed by atoms with Gasteiger partial charge in [0.05, 0.1) is 18.4 Å². The van der Waals surface area contributed by atoms with Gasteiger partial charge in [0, 0.05) is 37.9 Å². The first-order valence-corrected chi connectivity index (χ1v) is 11.3. The fourth-order valence-electron chi connectivity index (χ4n) is 4.87. The summed E-state index contributed by atoms with van der Waals surface area (Å²) in [5.41, 5.74) is -0.489. The summed E-state index contributed by atoms with van der Waals surface area (Å²) in [7, 11) is 3.07. The van der Waals surface area contributed by atoms with Gasteiger partial charge in [-0.05, 0) is 43.2 Å². The summed E-state index contributed by atoms with van der Waals surface area (Å²) in [6.07, 6.45) is 1.11. The Kier molecular flexibility index (Phi) is 6.43. The third-order valence-electron chi connectivity index (χ3n) is 6.35. The van der Waals surface area contributed by atoms with Crippen LogP contribution in [0.15, 0.2) is 54.1 Å². The van der Waals surface area contributed by atoms with Gasteiger partial charge in [-0.3, -0.25) is 14.4 Å². The van der Waals surface area contributed by atoms with Gasteiger partial charge in [-0.15, -0.1) is 0 Å². The average Bonchev–Trinajstić information content (AvgIpc) is 3.23. The summed E-state index contributed by atoms with van der Waals surface area (Å²) in [6.45, 7) is 2.85. The second-order valence-corrected chi connectivity index (χ2v) is 8.27. The van der Waals surface area contributed by atoms with E-state index >= 15 is 0 Å². The molecule has 1 saturated heterocycles. The molecule has 0 aliphatic carbocycles. The molecule has 2 aliphatic heterocycles. The minimum Gasteiger partial charge on any atom is -0.507 e. The van der Waals surface area contributed by atoms with Crippen LogP contribution in [0.25, 0.3) is 5.76 Å². The number of aliphatic hydroxyl groups excluding tert-OH is 1. The van der Waals surface area contributed by atoms with Crippen LogP contribution < -0.4 is 9.64 Å². The van der Waals surface area contributed by atoms with E-state index in [0.717, 1.165) is 0 Å². The van der Waals surface area contributed by atoms with Crippen molar-refractivity contribution in [3.63, 3.8) is 0 Å². The van der Waals surface area contributed by atoms with Gasteiger partial charge >= 0.3 is 0 Å². The van der Waals surface area contributed by atoms with Gasteiger partial charge in [-0.2, -0.15) is 0 Å². The number of hydrogen-bond acceptors (Lipinski definition) is 6. The molecule has 2 aliphatic rings. The van der Waals surface area contributed by atoms with E-state index in [-0.39, 0.29) is 12.1 Å². The Bertz CT molecular complexity index is 1160. The molecule has 2 heterocycles. The van der Waals surface area contributed by atoms with Crippen LogP contribution in [-0.4, -0.2) is 61.5 Å². The molecular formula is C26H28N2O6. The molecule has 2 aromatic rings. The van der Waals surface area contributed by atoms with Gasteiger partial charge in [0.2, 0.25) is 0 Å². The lowest BCUT2D eigenvalue weighted by Gasteiger charge is -2.34. The van der Waals surface area contributed by atoms with Gasteiger partial charge < -0.3 is 24.4 Å². The van der Waals surface area contributed by atoms with Crippen LogP contribution in [0.2, 0.25) is 0 Å². The normalized spacial score (nSPS) is 21.0. The van der Waals surface area contributed by atoms with Crippen LogP contribution in [0.4, 0.5) is 5.69 Å². The first-order valence-electron chi connectivity index (χ1n) is 11.3. The smallest absolute Gasteiger partial charge is 0.296 e. The molecule has 2 aromatic carbocycles. The van der Waals surface area contributed by atoms with Crippen molar-refractivity contribution < 1.29 is 29.0 Å². The number of para-hydroxylation sites is 1. The maximum Gasteiger partial charge on any atom is 0.296 e. The molecule has 4 rings (SSSR count). The van der Waals surface area contributed by atoms with Crippen molar-refractivity contribution in [2.75, 3.05) is 38.8 Å². The molecule has 34 heavy (non-hydrogen) atoms. The van der Waals surface area contributed by atoms with Crippen molar-refractivity contribution in [2.24, 2.45) is 0 Å². The zero-order valence-electron chi connectivity index (χ0n) is 19.5. The van der Waals surface area contributed by atoms with Crippen LogP contribution in [0, 0.1) is 0 Å². The van der Waals surface area contributed by atoms with Crippen molar-refractivity contribution in [3.8, 4) is 5.75 Å². The van der Waals surface area contributed by atoms with E-state index in [2.05, 4.69) is 0 Å². The molecule has 1 fully saturated rings. The lowest BCUT2D eigenvalue weighted by molar-refractivity contribution is -0.143. The topological polar surface area (TPSA) is 96.4 Å². The summed E-state index contributed by atoms with van der Waals surface area (Å²) in [5, 5.41) is 11.4. The fraction of sp³-hybridized carbons (Fsp3) is 0.346. The Labute approximate surface area is 198 Å². The Morgan fingerprint density at radius 2 is 1.71 bits per heavy atom. The maximum absolute atomic E-state index is 14.1. The zero-order chi connectivity index (χ0) is 24.5. The van der Waals surface area contributed by atoms with Crippen molar-refractivity contribution in [2.45, 2.75) is 25.3 Å². The Balaban J connectivity index is 2.00. The standard InChI is InChI=1S/C26H28N2O6/c1-4-14-27-20-9-6-5-8-19(20)26(25(27)32)21(22(29)17-10-12-18(34-3)13-11-17)23(30)24(31)28(26)15-7-16-33-2/h5-6,8-13,29H,4,7,14-16H2,1-3H3/t26-/m0/s1. The fourth-order valence-corrected chi connectivity index (χ4v) is 4.87. The number of carbonyl (C=O) groups excluding carboxylic acids is 3. The number of carbonyl (C=O) groups is 3. The highest BCUT2D eigenvalue weighted by atomic mass is 16.5. The van der Waals surface area contributed by atoms with Gasteiger partial charge in [0.15, 0.2) is 5.54 Å². The van der Waals surface area contributed by atoms with Crippen molar-refractivity contribution in [1.82, 2.24) is 4.90 Å². The van der Waals surface area contributed by atoms with E-state index in [9.17, 15) is 19.5 Å². The van der Waals surface area contributed by atoms with Crippen molar-refractivity contribution >= 4 is 29.0 Å². The van der Waals surface area contributed by atoms with E-state index in [4.69, 9.17) is 9.47 Å². The summed E-state index contributed by atoms with van der Waals surface area (Å²) in [6, 6.07) is 13.6. The Morgan fingerprint density at radius 3 is 2.35 bits per heavy atom. The van der Waals surface area contributed by atoms with Crippen LogP contribution in [0.3, 0.4) is 0 Å². The summed E-state index contributed by atoms with van der Waals surface area (Å²) in [5.74, 6) is -1.93. The second-order valence-electron chi connectivity index (χ2n) is 8.27. The molecule has 2 amide bonds. The van der Waals surface area contributed by atoms with Gasteiger partial charge in [-0.25, -0.2) is 0 Å². The molecule has 0 radical (unpaired) electrons. The van der Waals surface area contributed by atoms with E-state index in [1.165, 1.54) is 12.0 Å². The first kappa shape index (κ1) is 23.5. The highest BCUT2D eigenvalue weighted by molar-refractivity contribution is 6.50. The number of nitrogens with zero attached hydrogens (tertiary/aromatic N) is 2.